The molecule has 23 heavy (non-hydrogen) atoms. The zero-order valence-electron chi connectivity index (χ0n) is 14.0. The van der Waals surface area contributed by atoms with Crippen molar-refractivity contribution in [1.29, 1.82) is 0 Å². The van der Waals surface area contributed by atoms with Crippen LogP contribution in [-0.4, -0.2) is 25.7 Å². The zero-order chi connectivity index (χ0) is 16.4. The fraction of sp³-hybridized carbons (Fsp3) is 0.529. The van der Waals surface area contributed by atoms with E-state index in [0.717, 1.165) is 42.6 Å². The minimum Gasteiger partial charge on any atom is -0.323 e. The number of nitrogens with zero attached hydrogens (tertiary/aromatic N) is 4. The second-order valence-electron chi connectivity index (χ2n) is 6.30. The second kappa shape index (κ2) is 6.48. The fourth-order valence-electron chi connectivity index (χ4n) is 3.02. The molecule has 2 aromatic heterocycles. The van der Waals surface area contributed by atoms with E-state index in [4.69, 9.17) is 0 Å². The van der Waals surface area contributed by atoms with Crippen molar-refractivity contribution in [3.8, 4) is 5.95 Å². The average molecular weight is 313 g/mol. The third kappa shape index (κ3) is 3.25. The van der Waals surface area contributed by atoms with E-state index in [2.05, 4.69) is 20.4 Å². The third-order valence-electron chi connectivity index (χ3n) is 4.72. The van der Waals surface area contributed by atoms with E-state index in [0.29, 0.717) is 11.6 Å². The molecule has 0 spiro atoms. The first-order chi connectivity index (χ1) is 11.1. The summed E-state index contributed by atoms with van der Waals surface area (Å²) in [6.07, 6.45) is 8.79. The Morgan fingerprint density at radius 1 is 1.13 bits per heavy atom. The van der Waals surface area contributed by atoms with Gasteiger partial charge in [0.1, 0.15) is 0 Å². The van der Waals surface area contributed by atoms with E-state index in [1.807, 2.05) is 20.8 Å². The molecule has 6 heteroatoms. The Balaban J connectivity index is 1.71. The van der Waals surface area contributed by atoms with Crippen molar-refractivity contribution >= 4 is 11.6 Å². The van der Waals surface area contributed by atoms with Crippen LogP contribution in [-0.2, 0) is 4.79 Å². The summed E-state index contributed by atoms with van der Waals surface area (Å²) in [6.45, 7) is 6.00. The lowest BCUT2D eigenvalue weighted by atomic mass is 9.89. The van der Waals surface area contributed by atoms with E-state index >= 15 is 0 Å². The van der Waals surface area contributed by atoms with Crippen molar-refractivity contribution in [3.05, 3.63) is 29.3 Å². The number of anilines is 1. The van der Waals surface area contributed by atoms with Crippen molar-refractivity contribution in [2.75, 3.05) is 5.32 Å². The van der Waals surface area contributed by atoms with Crippen molar-refractivity contribution in [2.24, 2.45) is 5.92 Å². The number of aryl methyl sites for hydroxylation is 1. The molecule has 2 aromatic rings. The first kappa shape index (κ1) is 15.6. The number of nitrogens with one attached hydrogen (secondary N) is 1. The van der Waals surface area contributed by atoms with Crippen molar-refractivity contribution < 1.29 is 4.79 Å². The maximum atomic E-state index is 12.2. The molecule has 3 rings (SSSR count). The highest BCUT2D eigenvalue weighted by Crippen LogP contribution is 2.24. The Labute approximate surface area is 136 Å². The van der Waals surface area contributed by atoms with E-state index in [-0.39, 0.29) is 11.8 Å². The van der Waals surface area contributed by atoms with Crippen molar-refractivity contribution in [3.63, 3.8) is 0 Å². The Morgan fingerprint density at radius 2 is 1.78 bits per heavy atom. The molecule has 1 saturated carbocycles. The van der Waals surface area contributed by atoms with Crippen LogP contribution in [0.2, 0.25) is 0 Å². The summed E-state index contributed by atoms with van der Waals surface area (Å²) in [6, 6.07) is 0. The number of rotatable bonds is 3. The zero-order valence-corrected chi connectivity index (χ0v) is 14.0. The Bertz CT molecular complexity index is 699. The summed E-state index contributed by atoms with van der Waals surface area (Å²) in [5.74, 6) is 0.736. The van der Waals surface area contributed by atoms with E-state index in [9.17, 15) is 4.79 Å². The van der Waals surface area contributed by atoms with Gasteiger partial charge in [0, 0.05) is 11.6 Å². The maximum absolute atomic E-state index is 12.2. The van der Waals surface area contributed by atoms with Gasteiger partial charge in [-0.1, -0.05) is 19.3 Å². The van der Waals surface area contributed by atoms with Gasteiger partial charge >= 0.3 is 0 Å². The van der Waals surface area contributed by atoms with Crippen molar-refractivity contribution in [1.82, 2.24) is 19.7 Å². The molecule has 0 bridgehead atoms. The van der Waals surface area contributed by atoms with E-state index < -0.39 is 0 Å². The summed E-state index contributed by atoms with van der Waals surface area (Å²) in [4.78, 5) is 20.9. The quantitative estimate of drug-likeness (QED) is 0.945. The molecule has 1 aliphatic carbocycles. The van der Waals surface area contributed by atoms with Gasteiger partial charge in [-0.05, 0) is 39.2 Å². The molecular formula is C17H23N5O. The molecule has 0 aromatic carbocycles. The van der Waals surface area contributed by atoms with Crippen LogP contribution in [0.15, 0.2) is 12.4 Å². The molecular weight excluding hydrogens is 290 g/mol. The van der Waals surface area contributed by atoms with E-state index in [1.54, 1.807) is 17.1 Å². The maximum Gasteiger partial charge on any atom is 0.250 e. The molecule has 0 saturated heterocycles. The van der Waals surface area contributed by atoms with Crippen LogP contribution in [0, 0.1) is 26.7 Å². The van der Waals surface area contributed by atoms with Gasteiger partial charge < -0.3 is 5.32 Å². The topological polar surface area (TPSA) is 72.7 Å². The first-order valence-corrected chi connectivity index (χ1v) is 8.22. The Kier molecular flexibility index (Phi) is 4.41. The lowest BCUT2D eigenvalue weighted by molar-refractivity contribution is -0.120. The van der Waals surface area contributed by atoms with Crippen LogP contribution >= 0.6 is 0 Å². The van der Waals surface area contributed by atoms with E-state index in [1.165, 1.54) is 6.42 Å². The third-order valence-corrected chi connectivity index (χ3v) is 4.72. The lowest BCUT2D eigenvalue weighted by Gasteiger charge is -2.20. The smallest absolute Gasteiger partial charge is 0.250 e. The molecule has 2 heterocycles. The summed E-state index contributed by atoms with van der Waals surface area (Å²) < 4.78 is 1.73. The summed E-state index contributed by atoms with van der Waals surface area (Å²) in [5, 5.41) is 7.38. The van der Waals surface area contributed by atoms with Gasteiger partial charge in [0.25, 0.3) is 5.95 Å². The minimum atomic E-state index is 0.0861. The minimum absolute atomic E-state index is 0.0861. The predicted molar refractivity (Wildman–Crippen MR) is 88.6 cm³/mol. The van der Waals surface area contributed by atoms with Crippen LogP contribution < -0.4 is 5.32 Å². The molecule has 1 amide bonds. The highest BCUT2D eigenvalue weighted by molar-refractivity contribution is 5.92. The van der Waals surface area contributed by atoms with Crippen LogP contribution in [0.4, 0.5) is 5.69 Å². The van der Waals surface area contributed by atoms with Crippen LogP contribution in [0.5, 0.6) is 0 Å². The fourth-order valence-corrected chi connectivity index (χ4v) is 3.02. The molecule has 122 valence electrons. The number of carbonyl (C=O) groups is 1. The van der Waals surface area contributed by atoms with Crippen molar-refractivity contribution in [2.45, 2.75) is 52.9 Å². The van der Waals surface area contributed by atoms with Gasteiger partial charge in [-0.2, -0.15) is 5.10 Å². The lowest BCUT2D eigenvalue weighted by Crippen LogP contribution is -2.24. The summed E-state index contributed by atoms with van der Waals surface area (Å²) in [5.41, 5.74) is 3.79. The molecule has 1 N–H and O–H groups in total. The largest absolute Gasteiger partial charge is 0.323 e. The number of carbonyl (C=O) groups excluding carboxylic acids is 1. The number of hydrogen-bond donors (Lipinski definition) is 1. The Hall–Kier alpha value is -2.24. The summed E-state index contributed by atoms with van der Waals surface area (Å²) >= 11 is 0. The van der Waals surface area contributed by atoms with Gasteiger partial charge in [-0.25, -0.2) is 14.6 Å². The summed E-state index contributed by atoms with van der Waals surface area (Å²) in [7, 11) is 0. The Morgan fingerprint density at radius 3 is 2.35 bits per heavy atom. The predicted octanol–water partition coefficient (Wildman–Crippen LogP) is 3.11. The number of hydrogen-bond acceptors (Lipinski definition) is 4. The highest BCUT2D eigenvalue weighted by atomic mass is 16.1. The van der Waals surface area contributed by atoms with Crippen LogP contribution in [0.1, 0.15) is 49.1 Å². The van der Waals surface area contributed by atoms with Crippen LogP contribution in [0.25, 0.3) is 5.95 Å². The highest BCUT2D eigenvalue weighted by Gasteiger charge is 2.21. The number of aromatic nitrogens is 4. The molecule has 1 aliphatic rings. The van der Waals surface area contributed by atoms with Gasteiger partial charge in [-0.15, -0.1) is 0 Å². The SMILES string of the molecule is Cc1nn(-c2ncc(NC(=O)C3CCCCC3)cn2)c(C)c1C. The molecule has 6 nitrogen and oxygen atoms in total. The van der Waals surface area contributed by atoms with Crippen LogP contribution in [0.3, 0.4) is 0 Å². The molecule has 0 unspecified atom stereocenters. The normalized spacial score (nSPS) is 15.6. The van der Waals surface area contributed by atoms with Gasteiger partial charge in [0.2, 0.25) is 5.91 Å². The monoisotopic (exact) mass is 313 g/mol. The first-order valence-electron chi connectivity index (χ1n) is 8.22. The van der Waals surface area contributed by atoms with Gasteiger partial charge in [0.15, 0.2) is 0 Å². The standard InChI is InChI=1S/C17H23N5O/c1-11-12(2)21-22(13(11)3)17-18-9-15(10-19-17)20-16(23)14-7-5-4-6-8-14/h9-10,14H,4-8H2,1-3H3,(H,20,23). The van der Waals surface area contributed by atoms with Gasteiger partial charge in [0.05, 0.1) is 23.8 Å². The molecule has 0 aliphatic heterocycles. The van der Waals surface area contributed by atoms with Gasteiger partial charge in [-0.3, -0.25) is 4.79 Å². The molecule has 0 atom stereocenters. The second-order valence-corrected chi connectivity index (χ2v) is 6.30. The number of amides is 1. The average Bonchev–Trinajstić information content (AvgIpc) is 2.84. The molecule has 1 fully saturated rings. The molecule has 0 radical (unpaired) electrons.